The van der Waals surface area contributed by atoms with Crippen molar-refractivity contribution in [3.05, 3.63) is 58.1 Å². The van der Waals surface area contributed by atoms with Crippen molar-refractivity contribution in [2.75, 3.05) is 14.2 Å². The molecule has 3 heteroatoms. The molecule has 0 saturated heterocycles. The fourth-order valence-corrected chi connectivity index (χ4v) is 2.25. The standard InChI is InChI=1S/C16H15BrO2/c1-18-14-8-5-12(6-9-14)3-4-13-7-10-16(19-2)15(17)11-13/h3-11H,1-2H3. The lowest BCUT2D eigenvalue weighted by Crippen LogP contribution is -1.84. The smallest absolute Gasteiger partial charge is 0.133 e. The highest BCUT2D eigenvalue weighted by atomic mass is 79.9. The Bertz CT molecular complexity index is 574. The number of rotatable bonds is 4. The second-order valence-corrected chi connectivity index (χ2v) is 4.85. The summed E-state index contributed by atoms with van der Waals surface area (Å²) in [5.74, 6) is 1.70. The highest BCUT2D eigenvalue weighted by Crippen LogP contribution is 2.26. The molecule has 0 fully saturated rings. The van der Waals surface area contributed by atoms with E-state index in [2.05, 4.69) is 28.1 Å². The second-order valence-electron chi connectivity index (χ2n) is 4.00. The van der Waals surface area contributed by atoms with Gasteiger partial charge in [0.15, 0.2) is 0 Å². The summed E-state index contributed by atoms with van der Waals surface area (Å²) < 4.78 is 11.3. The Balaban J connectivity index is 2.15. The van der Waals surface area contributed by atoms with Crippen molar-refractivity contribution in [1.29, 1.82) is 0 Å². The molecule has 98 valence electrons. The van der Waals surface area contributed by atoms with Crippen molar-refractivity contribution in [3.63, 3.8) is 0 Å². The molecule has 2 nitrogen and oxygen atoms in total. The van der Waals surface area contributed by atoms with Gasteiger partial charge in [-0.15, -0.1) is 0 Å². The summed E-state index contributed by atoms with van der Waals surface area (Å²) in [6.45, 7) is 0. The normalized spacial score (nSPS) is 10.7. The number of hydrogen-bond donors (Lipinski definition) is 0. The zero-order valence-corrected chi connectivity index (χ0v) is 12.5. The average molecular weight is 319 g/mol. The minimum Gasteiger partial charge on any atom is -0.497 e. The Morgan fingerprint density at radius 1 is 0.842 bits per heavy atom. The Morgan fingerprint density at radius 3 is 2.05 bits per heavy atom. The molecule has 0 aliphatic rings. The summed E-state index contributed by atoms with van der Waals surface area (Å²) in [7, 11) is 3.33. The Hall–Kier alpha value is -1.74. The van der Waals surface area contributed by atoms with Gasteiger partial charge in [-0.2, -0.15) is 0 Å². The molecule has 0 unspecified atom stereocenters. The maximum atomic E-state index is 5.20. The first-order valence-corrected chi connectivity index (χ1v) is 6.68. The van der Waals surface area contributed by atoms with Crippen molar-refractivity contribution in [1.82, 2.24) is 0 Å². The topological polar surface area (TPSA) is 18.5 Å². The van der Waals surface area contributed by atoms with Gasteiger partial charge >= 0.3 is 0 Å². The molecule has 0 atom stereocenters. The highest BCUT2D eigenvalue weighted by molar-refractivity contribution is 9.10. The predicted molar refractivity (Wildman–Crippen MR) is 82.6 cm³/mol. The third-order valence-electron chi connectivity index (χ3n) is 2.76. The van der Waals surface area contributed by atoms with Gasteiger partial charge in [0.2, 0.25) is 0 Å². The number of benzene rings is 2. The molecule has 0 bridgehead atoms. The summed E-state index contributed by atoms with van der Waals surface area (Å²) in [4.78, 5) is 0. The molecule has 0 aliphatic carbocycles. The first kappa shape index (κ1) is 13.7. The van der Waals surface area contributed by atoms with E-state index in [0.717, 1.165) is 27.1 Å². The van der Waals surface area contributed by atoms with Crippen LogP contribution in [0.15, 0.2) is 46.9 Å². The Kier molecular flexibility index (Phi) is 4.63. The van der Waals surface area contributed by atoms with Crippen LogP contribution in [0.3, 0.4) is 0 Å². The summed E-state index contributed by atoms with van der Waals surface area (Å²) in [5, 5.41) is 0. The third kappa shape index (κ3) is 3.61. The molecular weight excluding hydrogens is 304 g/mol. The Labute approximate surface area is 121 Å². The van der Waals surface area contributed by atoms with Crippen molar-refractivity contribution in [2.45, 2.75) is 0 Å². The molecule has 19 heavy (non-hydrogen) atoms. The summed E-state index contributed by atoms with van der Waals surface area (Å²) in [5.41, 5.74) is 2.25. The third-order valence-corrected chi connectivity index (χ3v) is 3.38. The zero-order chi connectivity index (χ0) is 13.7. The van der Waals surface area contributed by atoms with E-state index in [1.54, 1.807) is 14.2 Å². The lowest BCUT2D eigenvalue weighted by molar-refractivity contribution is 0.412. The van der Waals surface area contributed by atoms with Gasteiger partial charge in [0, 0.05) is 0 Å². The largest absolute Gasteiger partial charge is 0.497 e. The van der Waals surface area contributed by atoms with Gasteiger partial charge in [-0.25, -0.2) is 0 Å². The van der Waals surface area contributed by atoms with Gasteiger partial charge in [0.25, 0.3) is 0 Å². The lowest BCUT2D eigenvalue weighted by atomic mass is 10.1. The van der Waals surface area contributed by atoms with Gasteiger partial charge in [-0.05, 0) is 51.3 Å². The number of hydrogen-bond acceptors (Lipinski definition) is 2. The highest BCUT2D eigenvalue weighted by Gasteiger charge is 1.99. The van der Waals surface area contributed by atoms with E-state index >= 15 is 0 Å². The molecule has 0 saturated carbocycles. The van der Waals surface area contributed by atoms with Crippen LogP contribution in [0.4, 0.5) is 0 Å². The van der Waals surface area contributed by atoms with Crippen LogP contribution < -0.4 is 9.47 Å². The van der Waals surface area contributed by atoms with Crippen LogP contribution >= 0.6 is 15.9 Å². The van der Waals surface area contributed by atoms with Gasteiger partial charge < -0.3 is 9.47 Å². The van der Waals surface area contributed by atoms with Crippen LogP contribution in [-0.4, -0.2) is 14.2 Å². The van der Waals surface area contributed by atoms with Crippen molar-refractivity contribution in [2.24, 2.45) is 0 Å². The van der Waals surface area contributed by atoms with E-state index in [0.29, 0.717) is 0 Å². The van der Waals surface area contributed by atoms with Crippen LogP contribution in [0.25, 0.3) is 12.2 Å². The van der Waals surface area contributed by atoms with Crippen LogP contribution in [0.1, 0.15) is 11.1 Å². The fourth-order valence-electron chi connectivity index (χ4n) is 1.69. The van der Waals surface area contributed by atoms with E-state index in [1.165, 1.54) is 0 Å². The van der Waals surface area contributed by atoms with Gasteiger partial charge in [0.05, 0.1) is 18.7 Å². The van der Waals surface area contributed by atoms with Gasteiger partial charge in [-0.3, -0.25) is 0 Å². The van der Waals surface area contributed by atoms with Crippen LogP contribution in [-0.2, 0) is 0 Å². The Morgan fingerprint density at radius 2 is 1.47 bits per heavy atom. The molecule has 0 radical (unpaired) electrons. The predicted octanol–water partition coefficient (Wildman–Crippen LogP) is 4.64. The minimum absolute atomic E-state index is 0.835. The van der Waals surface area contributed by atoms with Crippen molar-refractivity contribution >= 4 is 28.1 Å². The molecule has 2 aromatic carbocycles. The first-order chi connectivity index (χ1) is 9.22. The molecule has 0 spiro atoms. The molecule has 0 N–H and O–H groups in total. The van der Waals surface area contributed by atoms with E-state index in [4.69, 9.17) is 9.47 Å². The number of methoxy groups -OCH3 is 2. The molecule has 2 rings (SSSR count). The van der Waals surface area contributed by atoms with Gasteiger partial charge in [0.1, 0.15) is 11.5 Å². The van der Waals surface area contributed by atoms with Crippen molar-refractivity contribution < 1.29 is 9.47 Å². The molecule has 0 heterocycles. The summed E-state index contributed by atoms with van der Waals surface area (Å²) in [6.07, 6.45) is 4.12. The summed E-state index contributed by atoms with van der Waals surface area (Å²) >= 11 is 3.48. The SMILES string of the molecule is COc1ccc(C=Cc2ccc(OC)c(Br)c2)cc1. The lowest BCUT2D eigenvalue weighted by Gasteiger charge is -2.03. The monoisotopic (exact) mass is 318 g/mol. The first-order valence-electron chi connectivity index (χ1n) is 5.88. The molecular formula is C16H15BrO2. The van der Waals surface area contributed by atoms with Crippen LogP contribution in [0, 0.1) is 0 Å². The molecule has 0 aromatic heterocycles. The maximum absolute atomic E-state index is 5.20. The molecule has 2 aromatic rings. The van der Waals surface area contributed by atoms with Gasteiger partial charge in [-0.1, -0.05) is 30.4 Å². The quantitative estimate of drug-likeness (QED) is 0.765. The summed E-state index contributed by atoms with van der Waals surface area (Å²) in [6, 6.07) is 13.9. The fraction of sp³-hybridized carbons (Fsp3) is 0.125. The second kappa shape index (κ2) is 6.43. The van der Waals surface area contributed by atoms with E-state index in [1.807, 2.05) is 42.5 Å². The van der Waals surface area contributed by atoms with E-state index < -0.39 is 0 Å². The van der Waals surface area contributed by atoms with E-state index in [9.17, 15) is 0 Å². The maximum Gasteiger partial charge on any atom is 0.133 e. The number of ether oxygens (including phenoxy) is 2. The number of halogens is 1. The molecule has 0 aliphatic heterocycles. The van der Waals surface area contributed by atoms with Crippen molar-refractivity contribution in [3.8, 4) is 11.5 Å². The van der Waals surface area contributed by atoms with Crippen LogP contribution in [0.2, 0.25) is 0 Å². The van der Waals surface area contributed by atoms with E-state index in [-0.39, 0.29) is 0 Å². The zero-order valence-electron chi connectivity index (χ0n) is 10.9. The minimum atomic E-state index is 0.835. The van der Waals surface area contributed by atoms with Crippen LogP contribution in [0.5, 0.6) is 11.5 Å². The molecule has 0 amide bonds. The average Bonchev–Trinajstić information content (AvgIpc) is 2.46.